The van der Waals surface area contributed by atoms with E-state index in [-0.39, 0.29) is 12.5 Å². The molecule has 0 spiro atoms. The van der Waals surface area contributed by atoms with E-state index in [0.29, 0.717) is 12.6 Å². The Morgan fingerprint density at radius 1 is 1.53 bits per heavy atom. The standard InChI is InChI=1S/C10H22N2O2S/c1-8(2)12(15-3)9(5-4-6-11)7-10(13)14/h8-9H,4-7,11H2,1-3H3,(H,13,14). The average molecular weight is 234 g/mol. The van der Waals surface area contributed by atoms with Gasteiger partial charge in [0.05, 0.1) is 6.42 Å². The third-order valence-electron chi connectivity index (χ3n) is 2.23. The monoisotopic (exact) mass is 234 g/mol. The number of hydrogen-bond donors (Lipinski definition) is 2. The van der Waals surface area contributed by atoms with Crippen molar-refractivity contribution in [1.29, 1.82) is 0 Å². The fraction of sp³-hybridized carbons (Fsp3) is 0.900. The number of carboxylic acids is 1. The summed E-state index contributed by atoms with van der Waals surface area (Å²) in [7, 11) is 0. The van der Waals surface area contributed by atoms with Crippen LogP contribution in [0.15, 0.2) is 0 Å². The van der Waals surface area contributed by atoms with Gasteiger partial charge in [0.25, 0.3) is 0 Å². The van der Waals surface area contributed by atoms with Crippen LogP contribution in [0.2, 0.25) is 0 Å². The average Bonchev–Trinajstić information content (AvgIpc) is 2.13. The lowest BCUT2D eigenvalue weighted by Crippen LogP contribution is -2.36. The van der Waals surface area contributed by atoms with Gasteiger partial charge in [0.15, 0.2) is 0 Å². The molecule has 0 saturated carbocycles. The second kappa shape index (κ2) is 7.96. The fourth-order valence-electron chi connectivity index (χ4n) is 1.66. The Morgan fingerprint density at radius 2 is 2.13 bits per heavy atom. The van der Waals surface area contributed by atoms with E-state index in [0.717, 1.165) is 12.8 Å². The van der Waals surface area contributed by atoms with E-state index in [2.05, 4.69) is 18.2 Å². The van der Waals surface area contributed by atoms with E-state index in [9.17, 15) is 4.79 Å². The first-order chi connectivity index (χ1) is 7.02. The lowest BCUT2D eigenvalue weighted by atomic mass is 10.1. The van der Waals surface area contributed by atoms with Crippen molar-refractivity contribution in [2.75, 3.05) is 12.8 Å². The van der Waals surface area contributed by atoms with Gasteiger partial charge in [0.2, 0.25) is 0 Å². The Labute approximate surface area is 96.3 Å². The number of carboxylic acid groups (broad SMARTS) is 1. The Hall–Kier alpha value is -0.260. The molecule has 1 unspecified atom stereocenters. The molecule has 5 heteroatoms. The highest BCUT2D eigenvalue weighted by Crippen LogP contribution is 2.21. The molecule has 0 aromatic carbocycles. The minimum Gasteiger partial charge on any atom is -0.481 e. The first-order valence-corrected chi connectivity index (χ1v) is 6.45. The van der Waals surface area contributed by atoms with Gasteiger partial charge in [-0.2, -0.15) is 0 Å². The molecule has 15 heavy (non-hydrogen) atoms. The normalized spacial score (nSPS) is 13.5. The smallest absolute Gasteiger partial charge is 0.304 e. The van der Waals surface area contributed by atoms with Crippen molar-refractivity contribution >= 4 is 17.9 Å². The molecule has 0 aromatic heterocycles. The summed E-state index contributed by atoms with van der Waals surface area (Å²) < 4.78 is 2.14. The van der Waals surface area contributed by atoms with Crippen molar-refractivity contribution < 1.29 is 9.90 Å². The predicted octanol–water partition coefficient (Wildman–Crippen LogP) is 1.56. The Balaban J connectivity index is 4.35. The van der Waals surface area contributed by atoms with Crippen LogP contribution in [0, 0.1) is 0 Å². The molecule has 0 aromatic rings. The van der Waals surface area contributed by atoms with Crippen LogP contribution < -0.4 is 5.73 Å². The quantitative estimate of drug-likeness (QED) is 0.624. The maximum atomic E-state index is 10.7. The fourth-order valence-corrected chi connectivity index (χ4v) is 2.56. The molecule has 0 amide bonds. The molecule has 0 heterocycles. The van der Waals surface area contributed by atoms with E-state index < -0.39 is 5.97 Å². The van der Waals surface area contributed by atoms with E-state index >= 15 is 0 Å². The zero-order valence-electron chi connectivity index (χ0n) is 9.77. The van der Waals surface area contributed by atoms with E-state index in [4.69, 9.17) is 10.8 Å². The molecule has 0 aliphatic rings. The van der Waals surface area contributed by atoms with Crippen LogP contribution >= 0.6 is 11.9 Å². The maximum Gasteiger partial charge on any atom is 0.304 e. The molecule has 3 N–H and O–H groups in total. The number of hydrogen-bond acceptors (Lipinski definition) is 4. The largest absolute Gasteiger partial charge is 0.481 e. The molecule has 0 rings (SSSR count). The highest BCUT2D eigenvalue weighted by molar-refractivity contribution is 7.96. The Bertz CT molecular complexity index is 188. The van der Waals surface area contributed by atoms with Crippen molar-refractivity contribution in [3.63, 3.8) is 0 Å². The van der Waals surface area contributed by atoms with Gasteiger partial charge in [-0.1, -0.05) is 11.9 Å². The minimum absolute atomic E-state index is 0.0843. The number of carbonyl (C=O) groups is 1. The van der Waals surface area contributed by atoms with Gasteiger partial charge >= 0.3 is 5.97 Å². The molecule has 0 aliphatic heterocycles. The molecule has 0 bridgehead atoms. The zero-order valence-corrected chi connectivity index (χ0v) is 10.6. The van der Waals surface area contributed by atoms with E-state index in [1.165, 1.54) is 0 Å². The van der Waals surface area contributed by atoms with Crippen LogP contribution in [0.5, 0.6) is 0 Å². The van der Waals surface area contributed by atoms with Crippen molar-refractivity contribution in [2.24, 2.45) is 5.73 Å². The van der Waals surface area contributed by atoms with Gasteiger partial charge in [-0.25, -0.2) is 4.31 Å². The van der Waals surface area contributed by atoms with Crippen molar-refractivity contribution in [2.45, 2.75) is 45.2 Å². The topological polar surface area (TPSA) is 66.6 Å². The van der Waals surface area contributed by atoms with Gasteiger partial charge in [-0.3, -0.25) is 4.79 Å². The molecule has 4 nitrogen and oxygen atoms in total. The number of nitrogens with zero attached hydrogens (tertiary/aromatic N) is 1. The van der Waals surface area contributed by atoms with Gasteiger partial charge < -0.3 is 10.8 Å². The summed E-state index contributed by atoms with van der Waals surface area (Å²) in [5, 5.41) is 8.84. The van der Waals surface area contributed by atoms with Crippen molar-refractivity contribution in [3.05, 3.63) is 0 Å². The summed E-state index contributed by atoms with van der Waals surface area (Å²) in [5.41, 5.74) is 5.45. The molecule has 1 atom stereocenters. The molecule has 0 fully saturated rings. The summed E-state index contributed by atoms with van der Waals surface area (Å²) in [5.74, 6) is -0.739. The van der Waals surface area contributed by atoms with Crippen molar-refractivity contribution in [3.8, 4) is 0 Å². The molecule has 0 saturated heterocycles. The third kappa shape index (κ3) is 6.02. The van der Waals surface area contributed by atoms with Gasteiger partial charge in [-0.15, -0.1) is 0 Å². The van der Waals surface area contributed by atoms with Gasteiger partial charge in [0.1, 0.15) is 0 Å². The first-order valence-electron chi connectivity index (χ1n) is 5.27. The third-order valence-corrected chi connectivity index (χ3v) is 3.37. The van der Waals surface area contributed by atoms with E-state index in [1.807, 2.05) is 6.26 Å². The van der Waals surface area contributed by atoms with Crippen LogP contribution in [-0.2, 0) is 4.79 Å². The second-order valence-corrected chi connectivity index (χ2v) is 4.61. The number of nitrogens with two attached hydrogens (primary N) is 1. The molecular formula is C10H22N2O2S. The molecule has 0 radical (unpaired) electrons. The molecule has 90 valence electrons. The minimum atomic E-state index is -0.739. The lowest BCUT2D eigenvalue weighted by molar-refractivity contribution is -0.138. The highest BCUT2D eigenvalue weighted by atomic mass is 32.2. The van der Waals surface area contributed by atoms with Crippen LogP contribution in [0.1, 0.15) is 33.1 Å². The number of aliphatic carboxylic acids is 1. The van der Waals surface area contributed by atoms with Crippen LogP contribution in [0.25, 0.3) is 0 Å². The SMILES string of the molecule is CSN(C(C)C)C(CCCN)CC(=O)O. The maximum absolute atomic E-state index is 10.7. The Morgan fingerprint density at radius 3 is 2.47 bits per heavy atom. The van der Waals surface area contributed by atoms with E-state index in [1.54, 1.807) is 11.9 Å². The number of rotatable bonds is 8. The predicted molar refractivity (Wildman–Crippen MR) is 64.8 cm³/mol. The second-order valence-electron chi connectivity index (χ2n) is 3.82. The molecule has 0 aliphatic carbocycles. The lowest BCUT2D eigenvalue weighted by Gasteiger charge is -2.31. The summed E-state index contributed by atoms with van der Waals surface area (Å²) in [6.45, 7) is 4.78. The van der Waals surface area contributed by atoms with Crippen LogP contribution in [0.3, 0.4) is 0 Å². The van der Waals surface area contributed by atoms with Gasteiger partial charge in [0, 0.05) is 12.1 Å². The summed E-state index contributed by atoms with van der Waals surface area (Å²) >= 11 is 1.61. The molecular weight excluding hydrogens is 212 g/mol. The zero-order chi connectivity index (χ0) is 11.8. The van der Waals surface area contributed by atoms with Crippen molar-refractivity contribution in [1.82, 2.24) is 4.31 Å². The van der Waals surface area contributed by atoms with Crippen LogP contribution in [0.4, 0.5) is 0 Å². The summed E-state index contributed by atoms with van der Waals surface area (Å²) in [6, 6.07) is 0.433. The summed E-state index contributed by atoms with van der Waals surface area (Å²) in [4.78, 5) is 10.7. The summed E-state index contributed by atoms with van der Waals surface area (Å²) in [6.07, 6.45) is 3.90. The van der Waals surface area contributed by atoms with Crippen LogP contribution in [-0.4, -0.2) is 40.3 Å². The highest BCUT2D eigenvalue weighted by Gasteiger charge is 2.22. The van der Waals surface area contributed by atoms with Gasteiger partial charge in [-0.05, 0) is 39.5 Å². The Kier molecular flexibility index (Phi) is 7.82. The first kappa shape index (κ1) is 14.7.